The molecule has 1 rings (SSSR count). The third kappa shape index (κ3) is 2.97. The Morgan fingerprint density at radius 3 is 2.75 bits per heavy atom. The van der Waals surface area contributed by atoms with E-state index in [0.717, 1.165) is 5.56 Å². The molecule has 0 aliphatic rings. The molecule has 4 nitrogen and oxygen atoms in total. The first-order valence-corrected chi connectivity index (χ1v) is 5.05. The van der Waals surface area contributed by atoms with Gasteiger partial charge in [-0.3, -0.25) is 0 Å². The Morgan fingerprint density at radius 2 is 2.19 bits per heavy atom. The fourth-order valence-electron chi connectivity index (χ4n) is 1.31. The average molecular weight is 224 g/mol. The predicted octanol–water partition coefficient (Wildman–Crippen LogP) is 1.54. The normalized spacial score (nSPS) is 12.0. The van der Waals surface area contributed by atoms with Crippen LogP contribution >= 0.6 is 0 Å². The molecule has 0 saturated carbocycles. The average Bonchev–Trinajstić information content (AvgIpc) is 2.26. The highest BCUT2D eigenvalue weighted by Gasteiger charge is 2.12. The maximum Gasteiger partial charge on any atom is 0.338 e. The molecular weight excluding hydrogens is 208 g/mol. The molecule has 0 spiro atoms. The van der Waals surface area contributed by atoms with Crippen LogP contribution in [0.4, 0.5) is 0 Å². The van der Waals surface area contributed by atoms with E-state index in [2.05, 4.69) is 4.74 Å². The van der Waals surface area contributed by atoms with Crippen LogP contribution in [0.15, 0.2) is 18.2 Å². The fourth-order valence-corrected chi connectivity index (χ4v) is 1.31. The molecule has 16 heavy (non-hydrogen) atoms. The predicted molar refractivity (Wildman–Crippen MR) is 59.7 cm³/mol. The SMILES string of the molecule is COC(=O)c1cccc(OC[C@@H](C)O)c1C. The van der Waals surface area contributed by atoms with E-state index in [-0.39, 0.29) is 12.6 Å². The second kappa shape index (κ2) is 5.51. The summed E-state index contributed by atoms with van der Waals surface area (Å²) in [6, 6.07) is 5.15. The van der Waals surface area contributed by atoms with E-state index >= 15 is 0 Å². The monoisotopic (exact) mass is 224 g/mol. The van der Waals surface area contributed by atoms with Crippen LogP contribution in [0.1, 0.15) is 22.8 Å². The maximum atomic E-state index is 11.4. The van der Waals surface area contributed by atoms with Gasteiger partial charge in [-0.15, -0.1) is 0 Å². The first-order valence-electron chi connectivity index (χ1n) is 5.05. The van der Waals surface area contributed by atoms with Gasteiger partial charge in [0.05, 0.1) is 18.8 Å². The lowest BCUT2D eigenvalue weighted by Crippen LogP contribution is -2.14. The van der Waals surface area contributed by atoms with E-state index in [1.165, 1.54) is 7.11 Å². The highest BCUT2D eigenvalue weighted by Crippen LogP contribution is 2.22. The topological polar surface area (TPSA) is 55.8 Å². The number of esters is 1. The van der Waals surface area contributed by atoms with Crippen LogP contribution in [0.2, 0.25) is 0 Å². The number of carbonyl (C=O) groups excluding carboxylic acids is 1. The minimum Gasteiger partial charge on any atom is -0.491 e. The Morgan fingerprint density at radius 1 is 1.50 bits per heavy atom. The molecule has 4 heteroatoms. The highest BCUT2D eigenvalue weighted by molar-refractivity contribution is 5.91. The molecule has 88 valence electrons. The first kappa shape index (κ1) is 12.5. The zero-order valence-corrected chi connectivity index (χ0v) is 9.69. The van der Waals surface area contributed by atoms with Gasteiger partial charge in [0.25, 0.3) is 0 Å². The molecule has 1 N–H and O–H groups in total. The minimum absolute atomic E-state index is 0.200. The van der Waals surface area contributed by atoms with Crippen molar-refractivity contribution >= 4 is 5.97 Å². The lowest BCUT2D eigenvalue weighted by molar-refractivity contribution is 0.0599. The number of ether oxygens (including phenoxy) is 2. The molecule has 0 unspecified atom stereocenters. The van der Waals surface area contributed by atoms with Gasteiger partial charge in [-0.2, -0.15) is 0 Å². The Kier molecular flexibility index (Phi) is 4.31. The van der Waals surface area contributed by atoms with E-state index in [0.29, 0.717) is 11.3 Å². The number of rotatable bonds is 4. The Balaban J connectivity index is 2.90. The van der Waals surface area contributed by atoms with E-state index < -0.39 is 6.10 Å². The van der Waals surface area contributed by atoms with Gasteiger partial charge in [0.15, 0.2) is 0 Å². The molecule has 0 aromatic heterocycles. The van der Waals surface area contributed by atoms with Crippen LogP contribution in [0.5, 0.6) is 5.75 Å². The molecule has 0 heterocycles. The summed E-state index contributed by atoms with van der Waals surface area (Å²) in [6.07, 6.45) is -0.541. The van der Waals surface area contributed by atoms with Gasteiger partial charge >= 0.3 is 5.97 Å². The summed E-state index contributed by atoms with van der Waals surface area (Å²) < 4.78 is 10.0. The van der Waals surface area contributed by atoms with Crippen LogP contribution < -0.4 is 4.74 Å². The van der Waals surface area contributed by atoms with Crippen LogP contribution in [0.3, 0.4) is 0 Å². The van der Waals surface area contributed by atoms with E-state index in [1.807, 2.05) is 0 Å². The molecule has 0 bridgehead atoms. The van der Waals surface area contributed by atoms with Gasteiger partial charge in [-0.1, -0.05) is 6.07 Å². The van der Waals surface area contributed by atoms with E-state index in [9.17, 15) is 4.79 Å². The molecule has 0 fully saturated rings. The van der Waals surface area contributed by atoms with Gasteiger partial charge in [-0.05, 0) is 26.0 Å². The van der Waals surface area contributed by atoms with Crippen molar-refractivity contribution in [2.45, 2.75) is 20.0 Å². The van der Waals surface area contributed by atoms with Gasteiger partial charge < -0.3 is 14.6 Å². The molecule has 0 radical (unpaired) electrons. The van der Waals surface area contributed by atoms with Crippen LogP contribution in [0, 0.1) is 6.92 Å². The van der Waals surface area contributed by atoms with E-state index in [1.54, 1.807) is 32.0 Å². The molecule has 0 aliphatic heterocycles. The van der Waals surface area contributed by atoms with Gasteiger partial charge in [0.1, 0.15) is 12.4 Å². The van der Waals surface area contributed by atoms with Crippen molar-refractivity contribution < 1.29 is 19.4 Å². The van der Waals surface area contributed by atoms with Crippen molar-refractivity contribution in [3.8, 4) is 5.75 Å². The Bertz CT molecular complexity index is 371. The zero-order valence-electron chi connectivity index (χ0n) is 9.69. The summed E-state index contributed by atoms with van der Waals surface area (Å²) in [5.74, 6) is 0.198. The number of aliphatic hydroxyl groups is 1. The second-order valence-corrected chi connectivity index (χ2v) is 3.58. The van der Waals surface area contributed by atoms with Crippen molar-refractivity contribution in [3.63, 3.8) is 0 Å². The zero-order chi connectivity index (χ0) is 12.1. The largest absolute Gasteiger partial charge is 0.491 e. The van der Waals surface area contributed by atoms with E-state index in [4.69, 9.17) is 9.84 Å². The standard InChI is InChI=1S/C12H16O4/c1-8(13)7-16-11-6-4-5-10(9(11)2)12(14)15-3/h4-6,8,13H,7H2,1-3H3/t8-/m1/s1. The lowest BCUT2D eigenvalue weighted by Gasteiger charge is -2.12. The molecule has 1 atom stereocenters. The quantitative estimate of drug-likeness (QED) is 0.788. The van der Waals surface area contributed by atoms with Crippen molar-refractivity contribution in [1.29, 1.82) is 0 Å². The van der Waals surface area contributed by atoms with Crippen LogP contribution in [-0.4, -0.2) is 30.9 Å². The molecule has 0 saturated heterocycles. The number of benzene rings is 1. The van der Waals surface area contributed by atoms with Crippen LogP contribution in [0.25, 0.3) is 0 Å². The first-order chi connectivity index (χ1) is 7.56. The summed E-state index contributed by atoms with van der Waals surface area (Å²) in [6.45, 7) is 3.62. The summed E-state index contributed by atoms with van der Waals surface area (Å²) >= 11 is 0. The Labute approximate surface area is 94.8 Å². The minimum atomic E-state index is -0.541. The Hall–Kier alpha value is -1.55. The smallest absolute Gasteiger partial charge is 0.338 e. The van der Waals surface area contributed by atoms with Crippen molar-refractivity contribution in [2.75, 3.05) is 13.7 Å². The second-order valence-electron chi connectivity index (χ2n) is 3.58. The highest BCUT2D eigenvalue weighted by atomic mass is 16.5. The summed E-state index contributed by atoms with van der Waals surface area (Å²) in [5, 5.41) is 9.11. The molecule has 1 aromatic carbocycles. The number of hydrogen-bond acceptors (Lipinski definition) is 4. The molecule has 1 aromatic rings. The van der Waals surface area contributed by atoms with Gasteiger partial charge in [-0.25, -0.2) is 4.79 Å². The molecule has 0 aliphatic carbocycles. The summed E-state index contributed by atoms with van der Waals surface area (Å²) in [5.41, 5.74) is 1.19. The number of methoxy groups -OCH3 is 1. The summed E-state index contributed by atoms with van der Waals surface area (Å²) in [7, 11) is 1.34. The van der Waals surface area contributed by atoms with Crippen LogP contribution in [-0.2, 0) is 4.74 Å². The maximum absolute atomic E-state index is 11.4. The van der Waals surface area contributed by atoms with Crippen molar-refractivity contribution in [3.05, 3.63) is 29.3 Å². The fraction of sp³-hybridized carbons (Fsp3) is 0.417. The molecule has 0 amide bonds. The summed E-state index contributed by atoms with van der Waals surface area (Å²) in [4.78, 5) is 11.4. The van der Waals surface area contributed by atoms with Crippen molar-refractivity contribution in [1.82, 2.24) is 0 Å². The number of carbonyl (C=O) groups is 1. The van der Waals surface area contributed by atoms with Gasteiger partial charge in [0.2, 0.25) is 0 Å². The molecular formula is C12H16O4. The third-order valence-corrected chi connectivity index (χ3v) is 2.17. The number of aliphatic hydroxyl groups excluding tert-OH is 1. The number of hydrogen-bond donors (Lipinski definition) is 1. The lowest BCUT2D eigenvalue weighted by atomic mass is 10.1. The van der Waals surface area contributed by atoms with Crippen molar-refractivity contribution in [2.24, 2.45) is 0 Å². The van der Waals surface area contributed by atoms with Gasteiger partial charge in [0, 0.05) is 5.56 Å². The third-order valence-electron chi connectivity index (χ3n) is 2.17.